The highest BCUT2D eigenvalue weighted by Gasteiger charge is 2.16. The van der Waals surface area contributed by atoms with Crippen LogP contribution < -0.4 is 5.48 Å². The summed E-state index contributed by atoms with van der Waals surface area (Å²) in [6, 6.07) is 0. The summed E-state index contributed by atoms with van der Waals surface area (Å²) in [5, 5.41) is 0. The minimum absolute atomic E-state index is 0.881. The van der Waals surface area contributed by atoms with Gasteiger partial charge in [-0.15, -0.1) is 0 Å². The fourth-order valence-electron chi connectivity index (χ4n) is 0.706. The van der Waals surface area contributed by atoms with Crippen LogP contribution in [0.1, 0.15) is 0 Å². The second-order valence-electron chi connectivity index (χ2n) is 1.65. The van der Waals surface area contributed by atoms with Crippen molar-refractivity contribution in [3.05, 3.63) is 23.5 Å². The van der Waals surface area contributed by atoms with Gasteiger partial charge in [0.1, 0.15) is 0 Å². The number of nitrogens with one attached hydrogen (secondary N) is 1. The predicted molar refractivity (Wildman–Crippen MR) is 25.3 cm³/mol. The van der Waals surface area contributed by atoms with E-state index in [2.05, 4.69) is 11.6 Å². The number of hydrogen-bond acceptors (Lipinski definition) is 2. The molecule has 2 nitrogen and oxygen atoms in total. The molecule has 7 heavy (non-hydrogen) atoms. The van der Waals surface area contributed by atoms with Crippen LogP contribution in [0.2, 0.25) is 0 Å². The summed E-state index contributed by atoms with van der Waals surface area (Å²) < 4.78 is 0. The monoisotopic (exact) mass is 95.0 g/mol. The summed E-state index contributed by atoms with van der Waals surface area (Å²) in [7, 11) is 0. The van der Waals surface area contributed by atoms with E-state index in [-0.39, 0.29) is 0 Å². The van der Waals surface area contributed by atoms with Gasteiger partial charge in [0.25, 0.3) is 0 Å². The molecule has 0 saturated heterocycles. The van der Waals surface area contributed by atoms with Crippen LogP contribution in [0, 0.1) is 0 Å². The quantitative estimate of drug-likeness (QED) is 0.468. The van der Waals surface area contributed by atoms with Crippen molar-refractivity contribution < 1.29 is 4.84 Å². The number of hydrogen-bond donors (Lipinski definition) is 1. The molecule has 0 saturated carbocycles. The van der Waals surface area contributed by atoms with Crippen LogP contribution in [0.3, 0.4) is 0 Å². The molecule has 0 bridgehead atoms. The molecule has 2 aliphatic rings. The van der Waals surface area contributed by atoms with Crippen molar-refractivity contribution in [1.29, 1.82) is 0 Å². The molecule has 0 aromatic heterocycles. The van der Waals surface area contributed by atoms with Crippen molar-refractivity contribution in [2.45, 2.75) is 0 Å². The van der Waals surface area contributed by atoms with E-state index < -0.39 is 0 Å². The third-order valence-electron chi connectivity index (χ3n) is 1.20. The third-order valence-corrected chi connectivity index (χ3v) is 1.20. The second-order valence-corrected chi connectivity index (χ2v) is 1.65. The average Bonchev–Trinajstić information content (AvgIpc) is 1.85. The highest BCUT2D eigenvalue weighted by molar-refractivity contribution is 5.43. The lowest BCUT2D eigenvalue weighted by molar-refractivity contribution is 0.149. The first-order chi connectivity index (χ1) is 3.47. The van der Waals surface area contributed by atoms with E-state index in [1.807, 2.05) is 6.08 Å². The van der Waals surface area contributed by atoms with Crippen molar-refractivity contribution in [3.63, 3.8) is 0 Å². The smallest absolute Gasteiger partial charge is 0.151 e. The first kappa shape index (κ1) is 3.27. The van der Waals surface area contributed by atoms with Gasteiger partial charge < -0.3 is 4.84 Å². The van der Waals surface area contributed by atoms with E-state index in [1.54, 1.807) is 0 Å². The van der Waals surface area contributed by atoms with Gasteiger partial charge in [0.2, 0.25) is 0 Å². The normalized spacial score (nSPS) is 24.0. The lowest BCUT2D eigenvalue weighted by Gasteiger charge is -2.00. The van der Waals surface area contributed by atoms with Gasteiger partial charge in [-0.2, -0.15) is 5.48 Å². The minimum atomic E-state index is 0.881. The number of rotatable bonds is 0. The molecule has 2 heteroatoms. The van der Waals surface area contributed by atoms with Gasteiger partial charge in [-0.3, -0.25) is 0 Å². The minimum Gasteiger partial charge on any atom is -0.408 e. The van der Waals surface area contributed by atoms with E-state index in [9.17, 15) is 0 Å². The van der Waals surface area contributed by atoms with Crippen LogP contribution in [-0.2, 0) is 4.84 Å². The Morgan fingerprint density at radius 3 is 2.86 bits per heavy atom. The largest absolute Gasteiger partial charge is 0.408 e. The van der Waals surface area contributed by atoms with Gasteiger partial charge in [-0.25, -0.2) is 0 Å². The van der Waals surface area contributed by atoms with Crippen molar-refractivity contribution in [3.8, 4) is 0 Å². The fraction of sp³-hybridized carbons (Fsp3) is 0.200. The Morgan fingerprint density at radius 1 is 1.57 bits per heavy atom. The highest BCUT2D eigenvalue weighted by Crippen LogP contribution is 2.21. The molecule has 0 aromatic rings. The Bertz CT molecular complexity index is 141. The summed E-state index contributed by atoms with van der Waals surface area (Å²) in [5.74, 6) is 1.01. The van der Waals surface area contributed by atoms with Crippen molar-refractivity contribution in [2.24, 2.45) is 0 Å². The molecular formula is C5H5NO. The standard InChI is InChI=1S/C5H5NO/c1-2-5-4(1)3-6-7-5/h1-2,6H,3H2. The summed E-state index contributed by atoms with van der Waals surface area (Å²) in [5.41, 5.74) is 4.04. The van der Waals surface area contributed by atoms with Gasteiger partial charge in [0.05, 0.1) is 6.54 Å². The maximum Gasteiger partial charge on any atom is 0.151 e. The Balaban J connectivity index is 2.31. The van der Waals surface area contributed by atoms with Crippen molar-refractivity contribution >= 4 is 0 Å². The van der Waals surface area contributed by atoms with Gasteiger partial charge in [0, 0.05) is 5.57 Å². The molecule has 36 valence electrons. The molecule has 0 fully saturated rings. The SMILES string of the molecule is C1=CC2=C1CNO2. The van der Waals surface area contributed by atoms with E-state index >= 15 is 0 Å². The Kier molecular flexibility index (Phi) is 0.420. The maximum atomic E-state index is 4.89. The third kappa shape index (κ3) is 0.271. The lowest BCUT2D eigenvalue weighted by atomic mass is 10.1. The molecule has 1 N–H and O–H groups in total. The molecule has 0 atom stereocenters. The molecular weight excluding hydrogens is 90.1 g/mol. The van der Waals surface area contributed by atoms with Gasteiger partial charge in [0.15, 0.2) is 5.76 Å². The topological polar surface area (TPSA) is 21.3 Å². The number of hydroxylamine groups is 1. The van der Waals surface area contributed by atoms with Crippen LogP contribution in [-0.4, -0.2) is 6.54 Å². The zero-order chi connectivity index (χ0) is 4.69. The van der Waals surface area contributed by atoms with Gasteiger partial charge in [-0.05, 0) is 6.08 Å². The first-order valence-electron chi connectivity index (χ1n) is 2.28. The van der Waals surface area contributed by atoms with Crippen molar-refractivity contribution in [2.75, 3.05) is 6.54 Å². The lowest BCUT2D eigenvalue weighted by Crippen LogP contribution is -2.04. The highest BCUT2D eigenvalue weighted by atomic mass is 16.7. The van der Waals surface area contributed by atoms with Crippen LogP contribution in [0.5, 0.6) is 0 Å². The van der Waals surface area contributed by atoms with Crippen LogP contribution in [0.25, 0.3) is 0 Å². The van der Waals surface area contributed by atoms with E-state index in [0.29, 0.717) is 0 Å². The molecule has 1 aliphatic carbocycles. The second kappa shape index (κ2) is 0.898. The Labute approximate surface area is 41.4 Å². The summed E-state index contributed by atoms with van der Waals surface area (Å²) in [6.45, 7) is 0.881. The molecule has 0 amide bonds. The van der Waals surface area contributed by atoms with Crippen LogP contribution in [0.4, 0.5) is 0 Å². The van der Waals surface area contributed by atoms with Crippen LogP contribution in [0.15, 0.2) is 23.5 Å². The Morgan fingerprint density at radius 2 is 2.57 bits per heavy atom. The molecule has 0 aromatic carbocycles. The van der Waals surface area contributed by atoms with Crippen LogP contribution >= 0.6 is 0 Å². The Hall–Kier alpha value is -0.760. The number of allylic oxidation sites excluding steroid dienone is 1. The zero-order valence-electron chi connectivity index (χ0n) is 3.77. The van der Waals surface area contributed by atoms with Crippen molar-refractivity contribution in [1.82, 2.24) is 5.48 Å². The molecule has 1 aliphatic heterocycles. The zero-order valence-corrected chi connectivity index (χ0v) is 3.77. The average molecular weight is 95.1 g/mol. The van der Waals surface area contributed by atoms with Gasteiger partial charge >= 0.3 is 0 Å². The van der Waals surface area contributed by atoms with E-state index in [1.165, 1.54) is 5.57 Å². The fourth-order valence-corrected chi connectivity index (χ4v) is 0.706. The summed E-state index contributed by atoms with van der Waals surface area (Å²) in [6.07, 6.45) is 4.00. The molecule has 0 unspecified atom stereocenters. The first-order valence-corrected chi connectivity index (χ1v) is 2.28. The maximum absolute atomic E-state index is 4.89. The molecule has 1 heterocycles. The summed E-state index contributed by atoms with van der Waals surface area (Å²) >= 11 is 0. The molecule has 0 radical (unpaired) electrons. The van der Waals surface area contributed by atoms with Gasteiger partial charge in [-0.1, -0.05) is 6.08 Å². The predicted octanol–water partition coefficient (Wildman–Crippen LogP) is 0.345. The van der Waals surface area contributed by atoms with E-state index in [0.717, 1.165) is 12.3 Å². The molecule has 0 spiro atoms. The summed E-state index contributed by atoms with van der Waals surface area (Å²) in [4.78, 5) is 4.89. The van der Waals surface area contributed by atoms with E-state index in [4.69, 9.17) is 4.84 Å². The molecule has 2 rings (SSSR count).